The molecule has 1 atom stereocenters. The minimum absolute atomic E-state index is 0.810. The maximum absolute atomic E-state index is 2.44. The molecule has 3 aliphatic carbocycles. The van der Waals surface area contributed by atoms with Crippen LogP contribution in [0.15, 0.2) is 0 Å². The lowest BCUT2D eigenvalue weighted by Gasteiger charge is -2.34. The van der Waals surface area contributed by atoms with Crippen LogP contribution in [0.3, 0.4) is 0 Å². The van der Waals surface area contributed by atoms with Crippen molar-refractivity contribution in [3.05, 3.63) is 0 Å². The molecule has 0 unspecified atom stereocenters. The largest absolute Gasteiger partial charge is 0.0622 e. The fourth-order valence-corrected chi connectivity index (χ4v) is 2.72. The van der Waals surface area contributed by atoms with E-state index in [-0.39, 0.29) is 0 Å². The molecule has 0 aliphatic heterocycles. The Balaban J connectivity index is 2.17. The quantitative estimate of drug-likeness (QED) is 0.449. The van der Waals surface area contributed by atoms with E-state index in [1.165, 1.54) is 19.3 Å². The van der Waals surface area contributed by atoms with Crippen LogP contribution in [0.2, 0.25) is 0 Å². The van der Waals surface area contributed by atoms with E-state index in [1.807, 2.05) is 0 Å². The van der Waals surface area contributed by atoms with Gasteiger partial charge < -0.3 is 0 Å². The van der Waals surface area contributed by atoms with Gasteiger partial charge in [-0.25, -0.2) is 0 Å². The van der Waals surface area contributed by atoms with E-state index in [9.17, 15) is 0 Å². The summed E-state index contributed by atoms with van der Waals surface area (Å²) in [5.41, 5.74) is 0.810. The molecular formula is C8H14. The van der Waals surface area contributed by atoms with Crippen molar-refractivity contribution in [2.75, 3.05) is 0 Å². The van der Waals surface area contributed by atoms with Crippen LogP contribution >= 0.6 is 0 Å². The van der Waals surface area contributed by atoms with Gasteiger partial charge >= 0.3 is 0 Å². The predicted octanol–water partition coefficient (Wildman–Crippen LogP) is 2.44. The van der Waals surface area contributed by atoms with Crippen LogP contribution in [-0.2, 0) is 0 Å². The van der Waals surface area contributed by atoms with Gasteiger partial charge in [0, 0.05) is 0 Å². The molecule has 0 amide bonds. The van der Waals surface area contributed by atoms with Crippen LogP contribution in [0.4, 0.5) is 0 Å². The Bertz CT molecular complexity index is 109. The average Bonchev–Trinajstić information content (AvgIpc) is 1.88. The Kier molecular flexibility index (Phi) is 0.678. The molecule has 0 heteroatoms. The second-order valence-electron chi connectivity index (χ2n) is 4.16. The lowest BCUT2D eigenvalue weighted by atomic mass is 9.71. The fourth-order valence-electron chi connectivity index (χ4n) is 2.72. The van der Waals surface area contributed by atoms with Crippen molar-refractivity contribution in [1.29, 1.82) is 0 Å². The summed E-state index contributed by atoms with van der Waals surface area (Å²) in [6, 6.07) is 0. The van der Waals surface area contributed by atoms with Gasteiger partial charge in [-0.1, -0.05) is 13.8 Å². The van der Waals surface area contributed by atoms with Crippen molar-refractivity contribution in [3.8, 4) is 0 Å². The average molecular weight is 110 g/mol. The first kappa shape index (κ1) is 4.84. The van der Waals surface area contributed by atoms with Crippen molar-refractivity contribution >= 4 is 0 Å². The molecule has 0 aromatic heterocycles. The monoisotopic (exact) mass is 110 g/mol. The van der Waals surface area contributed by atoms with Crippen LogP contribution in [-0.4, -0.2) is 0 Å². The van der Waals surface area contributed by atoms with Gasteiger partial charge in [0.2, 0.25) is 0 Å². The van der Waals surface area contributed by atoms with E-state index in [0.717, 1.165) is 17.3 Å². The number of hydrogen-bond acceptors (Lipinski definition) is 0. The zero-order chi connectivity index (χ0) is 5.78. The Hall–Kier alpha value is 0. The highest BCUT2D eigenvalue weighted by molar-refractivity contribution is 5.01. The molecule has 3 aliphatic rings. The van der Waals surface area contributed by atoms with E-state index in [4.69, 9.17) is 0 Å². The third-order valence-corrected chi connectivity index (χ3v) is 3.13. The normalized spacial score (nSPS) is 60.8. The lowest BCUT2D eigenvalue weighted by Crippen LogP contribution is -2.23. The second kappa shape index (κ2) is 1.12. The summed E-state index contributed by atoms with van der Waals surface area (Å²) in [6.45, 7) is 4.84. The number of fused-ring (bicyclic) bond motifs is 1. The summed E-state index contributed by atoms with van der Waals surface area (Å²) in [4.78, 5) is 0. The van der Waals surface area contributed by atoms with Gasteiger partial charge in [-0.3, -0.25) is 0 Å². The third kappa shape index (κ3) is 0.416. The van der Waals surface area contributed by atoms with Gasteiger partial charge in [-0.15, -0.1) is 0 Å². The smallest absolute Gasteiger partial charge is 0.0318 e. The molecule has 3 fully saturated rings. The molecule has 3 saturated carbocycles. The maximum Gasteiger partial charge on any atom is -0.0318 e. The van der Waals surface area contributed by atoms with Crippen molar-refractivity contribution in [2.45, 2.75) is 33.1 Å². The zero-order valence-corrected chi connectivity index (χ0v) is 5.78. The SMILES string of the molecule is C[C@@H]1CC2(C)CC1C2. The minimum Gasteiger partial charge on any atom is -0.0622 e. The van der Waals surface area contributed by atoms with E-state index in [0.29, 0.717) is 0 Å². The van der Waals surface area contributed by atoms with Crippen molar-refractivity contribution < 1.29 is 0 Å². The first-order valence-electron chi connectivity index (χ1n) is 3.70. The summed E-state index contributed by atoms with van der Waals surface area (Å²) in [5.74, 6) is 2.18. The van der Waals surface area contributed by atoms with Crippen molar-refractivity contribution in [1.82, 2.24) is 0 Å². The van der Waals surface area contributed by atoms with E-state index >= 15 is 0 Å². The summed E-state index contributed by atoms with van der Waals surface area (Å²) in [7, 11) is 0. The molecule has 46 valence electrons. The highest BCUT2D eigenvalue weighted by Gasteiger charge is 2.50. The Labute approximate surface area is 51.3 Å². The Morgan fingerprint density at radius 1 is 1.25 bits per heavy atom. The molecular weight excluding hydrogens is 96.1 g/mol. The van der Waals surface area contributed by atoms with Crippen molar-refractivity contribution in [2.24, 2.45) is 17.3 Å². The minimum atomic E-state index is 0.810. The van der Waals surface area contributed by atoms with Crippen LogP contribution in [0.1, 0.15) is 33.1 Å². The summed E-state index contributed by atoms with van der Waals surface area (Å²) >= 11 is 0. The van der Waals surface area contributed by atoms with Gasteiger partial charge in [-0.05, 0) is 36.5 Å². The highest BCUT2D eigenvalue weighted by Crippen LogP contribution is 2.61. The summed E-state index contributed by atoms with van der Waals surface area (Å²) in [5, 5.41) is 0. The molecule has 8 heavy (non-hydrogen) atoms. The van der Waals surface area contributed by atoms with E-state index in [1.54, 1.807) is 0 Å². The molecule has 0 heterocycles. The van der Waals surface area contributed by atoms with E-state index in [2.05, 4.69) is 13.8 Å². The van der Waals surface area contributed by atoms with Gasteiger partial charge in [-0.2, -0.15) is 0 Å². The lowest BCUT2D eigenvalue weighted by molar-refractivity contribution is 0.165. The van der Waals surface area contributed by atoms with Gasteiger partial charge in [0.15, 0.2) is 0 Å². The molecule has 0 N–H and O–H groups in total. The summed E-state index contributed by atoms with van der Waals surface area (Å²) in [6.07, 6.45) is 4.58. The molecule has 0 radical (unpaired) electrons. The molecule has 0 aromatic carbocycles. The Morgan fingerprint density at radius 3 is 2.00 bits per heavy atom. The predicted molar refractivity (Wildman–Crippen MR) is 34.6 cm³/mol. The van der Waals surface area contributed by atoms with Gasteiger partial charge in [0.25, 0.3) is 0 Å². The van der Waals surface area contributed by atoms with Crippen LogP contribution in [0.25, 0.3) is 0 Å². The molecule has 0 nitrogen and oxygen atoms in total. The molecule has 2 bridgehead atoms. The van der Waals surface area contributed by atoms with Crippen LogP contribution in [0, 0.1) is 17.3 Å². The van der Waals surface area contributed by atoms with Crippen molar-refractivity contribution in [3.63, 3.8) is 0 Å². The van der Waals surface area contributed by atoms with Gasteiger partial charge in [0.05, 0.1) is 0 Å². The third-order valence-electron chi connectivity index (χ3n) is 3.13. The number of hydrogen-bond donors (Lipinski definition) is 0. The topological polar surface area (TPSA) is 0 Å². The molecule has 0 aromatic rings. The zero-order valence-electron chi connectivity index (χ0n) is 5.78. The molecule has 3 rings (SSSR count). The molecule has 0 spiro atoms. The Morgan fingerprint density at radius 2 is 1.88 bits per heavy atom. The highest BCUT2D eigenvalue weighted by atomic mass is 14.6. The second-order valence-corrected chi connectivity index (χ2v) is 4.16. The number of rotatable bonds is 0. The fraction of sp³-hybridized carbons (Fsp3) is 1.00. The summed E-state index contributed by atoms with van der Waals surface area (Å²) < 4.78 is 0. The first-order valence-corrected chi connectivity index (χ1v) is 3.70. The van der Waals surface area contributed by atoms with Crippen LogP contribution in [0.5, 0.6) is 0 Å². The van der Waals surface area contributed by atoms with Crippen LogP contribution < -0.4 is 0 Å². The van der Waals surface area contributed by atoms with E-state index < -0.39 is 0 Å². The maximum atomic E-state index is 2.44. The molecule has 0 saturated heterocycles. The standard InChI is InChI=1S/C8H14/c1-6-3-8(2)4-7(6)5-8/h6-7H,3-5H2,1-2H3/t6-,7?,8?/m1/s1. The van der Waals surface area contributed by atoms with Gasteiger partial charge in [0.1, 0.15) is 0 Å². The first-order chi connectivity index (χ1) is 3.70.